The zero-order valence-electron chi connectivity index (χ0n) is 16.2. The normalized spacial score (nSPS) is 10.4. The lowest BCUT2D eigenvalue weighted by atomic mass is 9.98. The largest absolute Gasteiger partial charge is 0.483 e. The van der Waals surface area contributed by atoms with Gasteiger partial charge in [-0.1, -0.05) is 44.2 Å². The highest BCUT2D eigenvalue weighted by atomic mass is 16.5. The van der Waals surface area contributed by atoms with Crippen molar-refractivity contribution in [1.82, 2.24) is 0 Å². The fourth-order valence-corrected chi connectivity index (χ4v) is 2.64. The quantitative estimate of drug-likeness (QED) is 0.681. The van der Waals surface area contributed by atoms with E-state index in [0.29, 0.717) is 0 Å². The van der Waals surface area contributed by atoms with Crippen molar-refractivity contribution in [3.63, 3.8) is 0 Å². The second-order valence-corrected chi connectivity index (χ2v) is 6.57. The molecule has 0 aliphatic rings. The van der Waals surface area contributed by atoms with Gasteiger partial charge in [-0.15, -0.1) is 0 Å². The van der Waals surface area contributed by atoms with Gasteiger partial charge in [-0.25, -0.2) is 4.79 Å². The number of amides is 2. The van der Waals surface area contributed by atoms with Gasteiger partial charge >= 0.3 is 5.97 Å². The number of benzene rings is 2. The zero-order chi connectivity index (χ0) is 20.7. The van der Waals surface area contributed by atoms with Crippen LogP contribution in [0, 0.1) is 6.92 Å². The highest BCUT2D eigenvalue weighted by Gasteiger charge is 2.17. The topological polar surface area (TPSA) is 108 Å². The third kappa shape index (κ3) is 5.57. The average molecular weight is 384 g/mol. The van der Waals surface area contributed by atoms with Crippen LogP contribution in [0.4, 0.5) is 5.69 Å². The maximum Gasteiger partial charge on any atom is 0.342 e. The molecule has 0 saturated carbocycles. The lowest BCUT2D eigenvalue weighted by Gasteiger charge is -2.16. The third-order valence-electron chi connectivity index (χ3n) is 4.00. The number of primary amides is 1. The number of aryl methyl sites for hydroxylation is 1. The van der Waals surface area contributed by atoms with Crippen LogP contribution in [0.15, 0.2) is 42.5 Å². The van der Waals surface area contributed by atoms with Gasteiger partial charge in [0, 0.05) is 5.69 Å². The number of para-hydroxylation sites is 2. The Morgan fingerprint density at radius 2 is 1.75 bits per heavy atom. The minimum absolute atomic E-state index is 0.107. The molecular weight excluding hydrogens is 360 g/mol. The second kappa shape index (κ2) is 9.55. The molecular formula is C21H24N2O5. The molecule has 2 amide bonds. The molecule has 0 aliphatic heterocycles. The summed E-state index contributed by atoms with van der Waals surface area (Å²) in [5.41, 5.74) is 7.81. The Balaban J connectivity index is 2.03. The molecule has 0 unspecified atom stereocenters. The average Bonchev–Trinajstić information content (AvgIpc) is 2.66. The molecule has 0 atom stereocenters. The summed E-state index contributed by atoms with van der Waals surface area (Å²) in [6.45, 7) is 5.16. The van der Waals surface area contributed by atoms with Crippen molar-refractivity contribution in [1.29, 1.82) is 0 Å². The predicted octanol–water partition coefficient (Wildman–Crippen LogP) is 2.78. The summed E-state index contributed by atoms with van der Waals surface area (Å²) >= 11 is 0. The molecule has 0 saturated heterocycles. The Kier molecular flexibility index (Phi) is 7.14. The molecule has 0 heterocycles. The number of ether oxygens (including phenoxy) is 2. The molecule has 3 N–H and O–H groups in total. The van der Waals surface area contributed by atoms with Crippen molar-refractivity contribution in [2.75, 3.05) is 18.5 Å². The number of nitrogens with one attached hydrogen (secondary N) is 1. The van der Waals surface area contributed by atoms with Crippen LogP contribution in [0.5, 0.6) is 5.75 Å². The first-order chi connectivity index (χ1) is 13.3. The lowest BCUT2D eigenvalue weighted by Crippen LogP contribution is -2.23. The minimum Gasteiger partial charge on any atom is -0.483 e. The van der Waals surface area contributed by atoms with E-state index >= 15 is 0 Å². The van der Waals surface area contributed by atoms with Gasteiger partial charge in [0.25, 0.3) is 11.8 Å². The van der Waals surface area contributed by atoms with Gasteiger partial charge < -0.3 is 20.5 Å². The Morgan fingerprint density at radius 3 is 2.43 bits per heavy atom. The first-order valence-electron chi connectivity index (χ1n) is 8.86. The molecule has 7 nitrogen and oxygen atoms in total. The monoisotopic (exact) mass is 384 g/mol. The Labute approximate surface area is 163 Å². The number of hydrogen-bond acceptors (Lipinski definition) is 5. The summed E-state index contributed by atoms with van der Waals surface area (Å²) in [5, 5.41) is 2.81. The predicted molar refractivity (Wildman–Crippen MR) is 105 cm³/mol. The van der Waals surface area contributed by atoms with Gasteiger partial charge in [-0.3, -0.25) is 9.59 Å². The van der Waals surface area contributed by atoms with Crippen LogP contribution in [-0.4, -0.2) is 31.0 Å². The molecule has 2 rings (SSSR count). The first kappa shape index (κ1) is 21.0. The van der Waals surface area contributed by atoms with E-state index in [1.807, 2.05) is 39.0 Å². The molecule has 7 heteroatoms. The van der Waals surface area contributed by atoms with Crippen molar-refractivity contribution >= 4 is 23.5 Å². The Hall–Kier alpha value is -3.35. The zero-order valence-corrected chi connectivity index (χ0v) is 16.2. The van der Waals surface area contributed by atoms with Crippen LogP contribution in [-0.2, 0) is 14.3 Å². The van der Waals surface area contributed by atoms with Crippen molar-refractivity contribution < 1.29 is 23.9 Å². The van der Waals surface area contributed by atoms with E-state index in [2.05, 4.69) is 5.32 Å². The van der Waals surface area contributed by atoms with Crippen molar-refractivity contribution in [2.24, 2.45) is 5.73 Å². The molecule has 0 radical (unpaired) electrons. The first-order valence-corrected chi connectivity index (χ1v) is 8.86. The fraction of sp³-hybridized carbons (Fsp3) is 0.286. The molecule has 0 fully saturated rings. The molecule has 2 aromatic rings. The van der Waals surface area contributed by atoms with E-state index in [0.717, 1.165) is 16.8 Å². The van der Waals surface area contributed by atoms with Gasteiger partial charge in [-0.2, -0.15) is 0 Å². The van der Waals surface area contributed by atoms with Crippen LogP contribution in [0.1, 0.15) is 41.3 Å². The van der Waals surface area contributed by atoms with E-state index in [4.69, 9.17) is 15.2 Å². The standard InChI is InChI=1S/C21H24N2O5/c1-13(2)15-9-6-7-14(3)20(15)23-19(25)12-28-21(26)16-8-4-5-10-17(16)27-11-18(22)24/h4-10,13H,11-12H2,1-3H3,(H2,22,24)(H,23,25). The lowest BCUT2D eigenvalue weighted by molar-refractivity contribution is -0.120. The number of esters is 1. The van der Waals surface area contributed by atoms with Crippen LogP contribution >= 0.6 is 0 Å². The number of carbonyl (C=O) groups is 3. The molecule has 0 spiro atoms. The van der Waals surface area contributed by atoms with Gasteiger partial charge in [-0.05, 0) is 36.1 Å². The van der Waals surface area contributed by atoms with Crippen LogP contribution < -0.4 is 15.8 Å². The summed E-state index contributed by atoms with van der Waals surface area (Å²) in [5.74, 6) is -1.45. The number of anilines is 1. The summed E-state index contributed by atoms with van der Waals surface area (Å²) in [6.07, 6.45) is 0. The van der Waals surface area contributed by atoms with Crippen molar-refractivity contribution in [2.45, 2.75) is 26.7 Å². The molecule has 28 heavy (non-hydrogen) atoms. The molecule has 0 bridgehead atoms. The fourth-order valence-electron chi connectivity index (χ4n) is 2.64. The minimum atomic E-state index is -0.732. The number of hydrogen-bond donors (Lipinski definition) is 2. The van der Waals surface area contributed by atoms with E-state index in [1.54, 1.807) is 12.1 Å². The summed E-state index contributed by atoms with van der Waals surface area (Å²) in [6, 6.07) is 12.0. The van der Waals surface area contributed by atoms with Gasteiger partial charge in [0.2, 0.25) is 0 Å². The van der Waals surface area contributed by atoms with Crippen LogP contribution in [0.2, 0.25) is 0 Å². The Bertz CT molecular complexity index is 877. The molecule has 0 aliphatic carbocycles. The molecule has 148 valence electrons. The number of nitrogens with two attached hydrogens (primary N) is 1. The van der Waals surface area contributed by atoms with Gasteiger partial charge in [0.05, 0.1) is 0 Å². The highest BCUT2D eigenvalue weighted by Crippen LogP contribution is 2.27. The summed E-state index contributed by atoms with van der Waals surface area (Å²) in [4.78, 5) is 35.5. The molecule has 2 aromatic carbocycles. The number of carbonyl (C=O) groups excluding carboxylic acids is 3. The summed E-state index contributed by atoms with van der Waals surface area (Å²) in [7, 11) is 0. The SMILES string of the molecule is Cc1cccc(C(C)C)c1NC(=O)COC(=O)c1ccccc1OCC(N)=O. The number of rotatable bonds is 8. The van der Waals surface area contributed by atoms with E-state index in [-0.39, 0.29) is 23.8 Å². The Morgan fingerprint density at radius 1 is 1.04 bits per heavy atom. The van der Waals surface area contributed by atoms with E-state index in [1.165, 1.54) is 12.1 Å². The second-order valence-electron chi connectivity index (χ2n) is 6.57. The smallest absolute Gasteiger partial charge is 0.342 e. The van der Waals surface area contributed by atoms with E-state index < -0.39 is 24.4 Å². The van der Waals surface area contributed by atoms with E-state index in [9.17, 15) is 14.4 Å². The highest BCUT2D eigenvalue weighted by molar-refractivity contribution is 5.97. The van der Waals surface area contributed by atoms with Gasteiger partial charge in [0.15, 0.2) is 13.2 Å². The van der Waals surface area contributed by atoms with Crippen molar-refractivity contribution in [3.05, 3.63) is 59.2 Å². The van der Waals surface area contributed by atoms with Crippen LogP contribution in [0.25, 0.3) is 0 Å². The van der Waals surface area contributed by atoms with Gasteiger partial charge in [0.1, 0.15) is 11.3 Å². The summed E-state index contributed by atoms with van der Waals surface area (Å²) < 4.78 is 10.3. The van der Waals surface area contributed by atoms with Crippen molar-refractivity contribution in [3.8, 4) is 5.75 Å². The van der Waals surface area contributed by atoms with Crippen LogP contribution in [0.3, 0.4) is 0 Å². The third-order valence-corrected chi connectivity index (χ3v) is 4.00. The molecule has 0 aromatic heterocycles. The maximum atomic E-state index is 12.3. The maximum absolute atomic E-state index is 12.3.